The molecule has 3 heteroatoms. The van der Waals surface area contributed by atoms with Crippen LogP contribution in [0.1, 0.15) is 31.6 Å². The third-order valence-corrected chi connectivity index (χ3v) is 4.51. The first kappa shape index (κ1) is 13.1. The normalized spacial score (nSPS) is 26.2. The van der Waals surface area contributed by atoms with E-state index in [4.69, 9.17) is 4.74 Å². The van der Waals surface area contributed by atoms with Crippen molar-refractivity contribution in [2.45, 2.75) is 45.3 Å². The van der Waals surface area contributed by atoms with Gasteiger partial charge in [0.25, 0.3) is 0 Å². The van der Waals surface area contributed by atoms with Crippen molar-refractivity contribution in [3.05, 3.63) is 22.4 Å². The van der Waals surface area contributed by atoms with Crippen LogP contribution in [-0.4, -0.2) is 25.3 Å². The number of nitrogens with one attached hydrogen (secondary N) is 1. The lowest BCUT2D eigenvalue weighted by Gasteiger charge is -2.26. The Morgan fingerprint density at radius 3 is 3.06 bits per heavy atom. The molecule has 1 N–H and O–H groups in total. The summed E-state index contributed by atoms with van der Waals surface area (Å²) in [7, 11) is 0. The first-order valence-corrected chi connectivity index (χ1v) is 7.56. The van der Waals surface area contributed by atoms with Gasteiger partial charge in [0.15, 0.2) is 0 Å². The van der Waals surface area contributed by atoms with Crippen molar-refractivity contribution in [3.8, 4) is 0 Å². The molecule has 96 valence electrons. The topological polar surface area (TPSA) is 21.3 Å². The molecule has 1 aromatic heterocycles. The van der Waals surface area contributed by atoms with Crippen LogP contribution in [-0.2, 0) is 11.2 Å². The Hall–Kier alpha value is -0.380. The van der Waals surface area contributed by atoms with Crippen LogP contribution >= 0.6 is 11.3 Å². The Balaban J connectivity index is 1.97. The van der Waals surface area contributed by atoms with E-state index in [9.17, 15) is 0 Å². The Kier molecular flexibility index (Phi) is 5.01. The van der Waals surface area contributed by atoms with E-state index in [1.54, 1.807) is 0 Å². The lowest BCUT2D eigenvalue weighted by molar-refractivity contribution is 0.0955. The van der Waals surface area contributed by atoms with Crippen molar-refractivity contribution in [2.24, 2.45) is 5.92 Å². The highest BCUT2D eigenvalue weighted by Gasteiger charge is 2.31. The van der Waals surface area contributed by atoms with Gasteiger partial charge in [-0.3, -0.25) is 0 Å². The van der Waals surface area contributed by atoms with Crippen molar-refractivity contribution in [2.75, 3.05) is 13.2 Å². The fourth-order valence-electron chi connectivity index (χ4n) is 2.63. The molecule has 3 unspecified atom stereocenters. The average Bonchev–Trinajstić information content (AvgIpc) is 2.95. The molecule has 2 rings (SSSR count). The molecule has 0 radical (unpaired) electrons. The monoisotopic (exact) mass is 253 g/mol. The number of ether oxygens (including phenoxy) is 1. The zero-order chi connectivity index (χ0) is 12.1. The summed E-state index contributed by atoms with van der Waals surface area (Å²) in [5, 5.41) is 5.87. The van der Waals surface area contributed by atoms with Gasteiger partial charge in [0.2, 0.25) is 0 Å². The molecule has 1 fully saturated rings. The predicted molar refractivity (Wildman–Crippen MR) is 73.6 cm³/mol. The van der Waals surface area contributed by atoms with Crippen molar-refractivity contribution in [1.29, 1.82) is 0 Å². The van der Waals surface area contributed by atoms with Gasteiger partial charge in [-0.2, -0.15) is 0 Å². The molecular formula is C14H23NOS. The first-order chi connectivity index (χ1) is 8.31. The molecule has 1 aliphatic heterocycles. The van der Waals surface area contributed by atoms with Crippen LogP contribution in [0.4, 0.5) is 0 Å². The van der Waals surface area contributed by atoms with Gasteiger partial charge >= 0.3 is 0 Å². The van der Waals surface area contributed by atoms with Crippen molar-refractivity contribution in [3.63, 3.8) is 0 Å². The molecule has 0 saturated carbocycles. The average molecular weight is 253 g/mol. The van der Waals surface area contributed by atoms with Crippen molar-refractivity contribution in [1.82, 2.24) is 5.32 Å². The number of hydrogen-bond donors (Lipinski definition) is 1. The van der Waals surface area contributed by atoms with Crippen LogP contribution in [0.3, 0.4) is 0 Å². The quantitative estimate of drug-likeness (QED) is 0.841. The zero-order valence-electron chi connectivity index (χ0n) is 10.8. The molecular weight excluding hydrogens is 230 g/mol. The van der Waals surface area contributed by atoms with Crippen molar-refractivity contribution >= 4 is 11.3 Å². The molecule has 0 spiro atoms. The van der Waals surface area contributed by atoms with E-state index in [0.717, 1.165) is 19.6 Å². The van der Waals surface area contributed by atoms with Crippen molar-refractivity contribution < 1.29 is 4.74 Å². The van der Waals surface area contributed by atoms with E-state index >= 15 is 0 Å². The van der Waals surface area contributed by atoms with E-state index in [1.165, 1.54) is 17.7 Å². The standard InChI is InChI=1S/C14H23NOS/c1-3-7-15-14(10-12-5-4-9-17-12)13-6-8-16-11(13)2/h4-5,9,11,13-15H,3,6-8,10H2,1-2H3. The maximum absolute atomic E-state index is 5.71. The first-order valence-electron chi connectivity index (χ1n) is 6.68. The van der Waals surface area contributed by atoms with Crippen LogP contribution in [0.5, 0.6) is 0 Å². The Morgan fingerprint density at radius 2 is 2.47 bits per heavy atom. The van der Waals surface area contributed by atoms with E-state index < -0.39 is 0 Å². The number of hydrogen-bond acceptors (Lipinski definition) is 3. The molecule has 0 amide bonds. The largest absolute Gasteiger partial charge is 0.378 e. The summed E-state index contributed by atoms with van der Waals surface area (Å²) < 4.78 is 5.71. The minimum absolute atomic E-state index is 0.407. The van der Waals surface area contributed by atoms with E-state index in [2.05, 4.69) is 36.7 Å². The van der Waals surface area contributed by atoms with Gasteiger partial charge in [-0.25, -0.2) is 0 Å². The smallest absolute Gasteiger partial charge is 0.0590 e. The summed E-state index contributed by atoms with van der Waals surface area (Å²) in [6, 6.07) is 4.96. The highest BCUT2D eigenvalue weighted by molar-refractivity contribution is 7.09. The fraction of sp³-hybridized carbons (Fsp3) is 0.714. The second-order valence-corrected chi connectivity index (χ2v) is 5.90. The SMILES string of the molecule is CCCNC(Cc1cccs1)C1CCOC1C. The molecule has 1 saturated heterocycles. The maximum Gasteiger partial charge on any atom is 0.0590 e. The van der Waals surface area contributed by atoms with Gasteiger partial charge in [-0.05, 0) is 44.2 Å². The van der Waals surface area contributed by atoms with E-state index in [0.29, 0.717) is 18.1 Å². The van der Waals surface area contributed by atoms with Gasteiger partial charge < -0.3 is 10.1 Å². The minimum atomic E-state index is 0.407. The molecule has 3 atom stereocenters. The van der Waals surface area contributed by atoms with Crippen LogP contribution in [0.2, 0.25) is 0 Å². The number of thiophene rings is 1. The van der Waals surface area contributed by atoms with E-state index in [1.807, 2.05) is 11.3 Å². The second kappa shape index (κ2) is 6.53. The summed E-state index contributed by atoms with van der Waals surface area (Å²) >= 11 is 1.86. The van der Waals surface area contributed by atoms with Gasteiger partial charge in [0, 0.05) is 23.4 Å². The summed E-state index contributed by atoms with van der Waals surface area (Å²) in [4.78, 5) is 1.48. The molecule has 2 nitrogen and oxygen atoms in total. The summed E-state index contributed by atoms with van der Waals surface area (Å²) in [5.41, 5.74) is 0. The Morgan fingerprint density at radius 1 is 1.59 bits per heavy atom. The zero-order valence-corrected chi connectivity index (χ0v) is 11.6. The maximum atomic E-state index is 5.71. The molecule has 0 bridgehead atoms. The Labute approximate surface area is 108 Å². The Bertz CT molecular complexity index is 312. The minimum Gasteiger partial charge on any atom is -0.378 e. The molecule has 1 aromatic rings. The highest BCUT2D eigenvalue weighted by Crippen LogP contribution is 2.27. The predicted octanol–water partition coefficient (Wildman–Crippen LogP) is 3.08. The van der Waals surface area contributed by atoms with Gasteiger partial charge in [-0.15, -0.1) is 11.3 Å². The molecule has 17 heavy (non-hydrogen) atoms. The second-order valence-electron chi connectivity index (χ2n) is 4.87. The summed E-state index contributed by atoms with van der Waals surface area (Å²) in [6.07, 6.45) is 3.96. The molecule has 0 aromatic carbocycles. The molecule has 2 heterocycles. The van der Waals surface area contributed by atoms with E-state index in [-0.39, 0.29) is 0 Å². The molecule has 1 aliphatic rings. The lowest BCUT2D eigenvalue weighted by Crippen LogP contribution is -2.41. The van der Waals surface area contributed by atoms with Gasteiger partial charge in [0.05, 0.1) is 6.10 Å². The molecule has 0 aliphatic carbocycles. The third kappa shape index (κ3) is 3.54. The van der Waals surface area contributed by atoms with Gasteiger partial charge in [0.1, 0.15) is 0 Å². The summed E-state index contributed by atoms with van der Waals surface area (Å²) in [5.74, 6) is 0.670. The van der Waals surface area contributed by atoms with Crippen LogP contribution in [0.15, 0.2) is 17.5 Å². The van der Waals surface area contributed by atoms with Crippen LogP contribution in [0, 0.1) is 5.92 Å². The van der Waals surface area contributed by atoms with Gasteiger partial charge in [-0.1, -0.05) is 13.0 Å². The van der Waals surface area contributed by atoms with Crippen LogP contribution < -0.4 is 5.32 Å². The summed E-state index contributed by atoms with van der Waals surface area (Å²) in [6.45, 7) is 6.48. The third-order valence-electron chi connectivity index (χ3n) is 3.61. The van der Waals surface area contributed by atoms with Crippen LogP contribution in [0.25, 0.3) is 0 Å². The lowest BCUT2D eigenvalue weighted by atomic mass is 9.90. The number of rotatable bonds is 6. The fourth-order valence-corrected chi connectivity index (χ4v) is 3.39. The highest BCUT2D eigenvalue weighted by atomic mass is 32.1.